The largest absolute Gasteiger partial charge is 0.481 e. The van der Waals surface area contributed by atoms with Crippen molar-refractivity contribution >= 4 is 17.7 Å². The molecule has 1 spiro atoms. The van der Waals surface area contributed by atoms with Crippen molar-refractivity contribution < 1.29 is 14.7 Å². The fraction of sp³-hybridized carbons (Fsp3) is 0.632. The molecule has 0 unspecified atom stereocenters. The Morgan fingerprint density at radius 2 is 1.96 bits per heavy atom. The lowest BCUT2D eigenvalue weighted by molar-refractivity contribution is -0.145. The predicted molar refractivity (Wildman–Crippen MR) is 93.6 cm³/mol. The van der Waals surface area contributed by atoms with E-state index < -0.39 is 17.4 Å². The van der Waals surface area contributed by atoms with Crippen LogP contribution < -0.4 is 4.90 Å². The molecule has 3 aliphatic rings. The molecule has 0 saturated carbocycles. The third kappa shape index (κ3) is 2.58. The van der Waals surface area contributed by atoms with Crippen LogP contribution in [0.15, 0.2) is 12.1 Å². The first kappa shape index (κ1) is 16.4. The second-order valence-electron chi connectivity index (χ2n) is 7.62. The second kappa shape index (κ2) is 6.00. The van der Waals surface area contributed by atoms with Gasteiger partial charge in [0.25, 0.3) is 0 Å². The van der Waals surface area contributed by atoms with Crippen LogP contribution in [0.5, 0.6) is 0 Å². The summed E-state index contributed by atoms with van der Waals surface area (Å²) in [4.78, 5) is 32.6. The molecule has 1 aromatic heterocycles. The highest BCUT2D eigenvalue weighted by Gasteiger charge is 2.55. The number of carbonyl (C=O) groups excluding carboxylic acids is 1. The minimum atomic E-state index is -0.849. The number of aryl methyl sites for hydroxylation is 2. The fourth-order valence-corrected chi connectivity index (χ4v) is 4.85. The topological polar surface area (TPSA) is 73.7 Å². The number of carboxylic acid groups (broad SMARTS) is 1. The van der Waals surface area contributed by atoms with Crippen molar-refractivity contribution in [3.05, 3.63) is 23.4 Å². The first-order chi connectivity index (χ1) is 12.0. The molecule has 134 valence electrons. The van der Waals surface area contributed by atoms with E-state index in [4.69, 9.17) is 4.98 Å². The van der Waals surface area contributed by atoms with Gasteiger partial charge in [0, 0.05) is 32.3 Å². The fourth-order valence-electron chi connectivity index (χ4n) is 4.85. The number of nitrogens with zero attached hydrogens (tertiary/aromatic N) is 3. The van der Waals surface area contributed by atoms with Crippen molar-refractivity contribution in [3.8, 4) is 0 Å². The Labute approximate surface area is 147 Å². The van der Waals surface area contributed by atoms with Crippen LogP contribution in [0.2, 0.25) is 0 Å². The van der Waals surface area contributed by atoms with E-state index in [2.05, 4.69) is 17.0 Å². The van der Waals surface area contributed by atoms with Gasteiger partial charge in [-0.25, -0.2) is 4.98 Å². The number of likely N-dealkylation sites (tertiary alicyclic amines) is 1. The Morgan fingerprint density at radius 1 is 1.24 bits per heavy atom. The number of amides is 1. The molecule has 2 aliphatic heterocycles. The summed E-state index contributed by atoms with van der Waals surface area (Å²) in [7, 11) is 1.76. The minimum absolute atomic E-state index is 0.0484. The van der Waals surface area contributed by atoms with Crippen LogP contribution >= 0.6 is 0 Å². The summed E-state index contributed by atoms with van der Waals surface area (Å²) >= 11 is 0. The maximum atomic E-state index is 12.1. The van der Waals surface area contributed by atoms with Crippen LogP contribution in [0.4, 0.5) is 5.82 Å². The zero-order chi connectivity index (χ0) is 17.6. The Hall–Kier alpha value is -2.11. The number of rotatable bonds is 2. The molecule has 4 rings (SSSR count). The van der Waals surface area contributed by atoms with Gasteiger partial charge >= 0.3 is 5.97 Å². The number of carboxylic acids is 1. The molecule has 1 amide bonds. The van der Waals surface area contributed by atoms with Gasteiger partial charge in [-0.1, -0.05) is 6.07 Å². The zero-order valence-electron chi connectivity index (χ0n) is 14.7. The van der Waals surface area contributed by atoms with E-state index in [0.29, 0.717) is 12.8 Å². The summed E-state index contributed by atoms with van der Waals surface area (Å²) < 4.78 is 0. The van der Waals surface area contributed by atoms with E-state index in [1.165, 1.54) is 24.1 Å². The zero-order valence-corrected chi connectivity index (χ0v) is 14.7. The van der Waals surface area contributed by atoms with E-state index in [0.717, 1.165) is 31.7 Å². The molecule has 1 aromatic rings. The number of aliphatic carboxylic acids is 1. The number of anilines is 1. The molecule has 1 aliphatic carbocycles. The molecule has 25 heavy (non-hydrogen) atoms. The smallest absolute Gasteiger partial charge is 0.309 e. The van der Waals surface area contributed by atoms with Crippen molar-refractivity contribution in [2.45, 2.75) is 50.5 Å². The molecular formula is C19H25N3O3. The number of carbonyl (C=O) groups is 2. The minimum Gasteiger partial charge on any atom is -0.481 e. The number of piperidine rings is 1. The molecule has 6 heteroatoms. The van der Waals surface area contributed by atoms with Crippen LogP contribution in [0.3, 0.4) is 0 Å². The maximum absolute atomic E-state index is 12.1. The highest BCUT2D eigenvalue weighted by molar-refractivity contribution is 5.88. The molecular weight excluding hydrogens is 318 g/mol. The van der Waals surface area contributed by atoms with Crippen LogP contribution in [0.25, 0.3) is 0 Å². The standard InChI is InChI=1S/C19H25N3O3/c1-21-17(23)12-14(18(24)25)19(21)8-10-22(11-9-19)16-7-6-13-4-2-3-5-15(13)20-16/h6-7,14H,2-5,8-12H2,1H3,(H,24,25)/t14-/m0/s1. The summed E-state index contributed by atoms with van der Waals surface area (Å²) in [6.07, 6.45) is 6.13. The molecule has 2 fully saturated rings. The van der Waals surface area contributed by atoms with Crippen molar-refractivity contribution in [2.75, 3.05) is 25.0 Å². The molecule has 2 saturated heterocycles. The molecule has 1 N–H and O–H groups in total. The lowest BCUT2D eigenvalue weighted by Gasteiger charge is -2.45. The lowest BCUT2D eigenvalue weighted by atomic mass is 9.77. The molecule has 3 heterocycles. The Bertz CT molecular complexity index is 710. The molecule has 0 bridgehead atoms. The summed E-state index contributed by atoms with van der Waals surface area (Å²) in [6.45, 7) is 1.49. The van der Waals surface area contributed by atoms with Gasteiger partial charge in [0.15, 0.2) is 0 Å². The number of pyridine rings is 1. The van der Waals surface area contributed by atoms with Gasteiger partial charge in [-0.15, -0.1) is 0 Å². The highest BCUT2D eigenvalue weighted by Crippen LogP contribution is 2.43. The van der Waals surface area contributed by atoms with Gasteiger partial charge in [-0.2, -0.15) is 0 Å². The monoisotopic (exact) mass is 343 g/mol. The first-order valence-corrected chi connectivity index (χ1v) is 9.24. The van der Waals surface area contributed by atoms with Crippen molar-refractivity contribution in [1.82, 2.24) is 9.88 Å². The molecule has 0 aromatic carbocycles. The quantitative estimate of drug-likeness (QED) is 0.887. The third-order valence-corrected chi connectivity index (χ3v) is 6.48. The third-order valence-electron chi connectivity index (χ3n) is 6.48. The number of hydrogen-bond acceptors (Lipinski definition) is 4. The van der Waals surface area contributed by atoms with Crippen molar-refractivity contribution in [2.24, 2.45) is 5.92 Å². The SMILES string of the molecule is CN1C(=O)C[C@@H](C(=O)O)C12CCN(c1ccc3c(n1)CCCC3)CC2. The van der Waals surface area contributed by atoms with E-state index in [9.17, 15) is 14.7 Å². The first-order valence-electron chi connectivity index (χ1n) is 9.24. The maximum Gasteiger partial charge on any atom is 0.309 e. The molecule has 0 radical (unpaired) electrons. The predicted octanol–water partition coefficient (Wildman–Crippen LogP) is 1.86. The van der Waals surface area contributed by atoms with Crippen LogP contribution in [-0.4, -0.2) is 52.5 Å². The summed E-state index contributed by atoms with van der Waals surface area (Å²) in [5.74, 6) is -0.496. The van der Waals surface area contributed by atoms with Crippen molar-refractivity contribution in [1.29, 1.82) is 0 Å². The van der Waals surface area contributed by atoms with Gasteiger partial charge in [0.05, 0.1) is 11.5 Å². The van der Waals surface area contributed by atoms with Gasteiger partial charge in [-0.3, -0.25) is 9.59 Å². The second-order valence-corrected chi connectivity index (χ2v) is 7.62. The summed E-state index contributed by atoms with van der Waals surface area (Å²) in [5.41, 5.74) is 2.06. The highest BCUT2D eigenvalue weighted by atomic mass is 16.4. The average Bonchev–Trinajstić information content (AvgIpc) is 2.87. The van der Waals surface area contributed by atoms with Gasteiger partial charge in [0.1, 0.15) is 5.82 Å². The van der Waals surface area contributed by atoms with Crippen LogP contribution in [0, 0.1) is 5.92 Å². The number of hydrogen-bond donors (Lipinski definition) is 1. The van der Waals surface area contributed by atoms with Crippen LogP contribution in [-0.2, 0) is 22.4 Å². The van der Waals surface area contributed by atoms with Gasteiger partial charge < -0.3 is 14.9 Å². The van der Waals surface area contributed by atoms with E-state index in [1.54, 1.807) is 11.9 Å². The van der Waals surface area contributed by atoms with Crippen molar-refractivity contribution in [3.63, 3.8) is 0 Å². The van der Waals surface area contributed by atoms with Gasteiger partial charge in [0.2, 0.25) is 5.91 Å². The number of aromatic nitrogens is 1. The average molecular weight is 343 g/mol. The molecule has 6 nitrogen and oxygen atoms in total. The van der Waals surface area contributed by atoms with Crippen LogP contribution in [0.1, 0.15) is 43.4 Å². The lowest BCUT2D eigenvalue weighted by Crippen LogP contribution is -2.56. The summed E-state index contributed by atoms with van der Waals surface area (Å²) in [5, 5.41) is 9.58. The van der Waals surface area contributed by atoms with Gasteiger partial charge in [-0.05, 0) is 50.2 Å². The van der Waals surface area contributed by atoms with E-state index >= 15 is 0 Å². The van der Waals surface area contributed by atoms with E-state index in [-0.39, 0.29) is 12.3 Å². The molecule has 1 atom stereocenters. The summed E-state index contributed by atoms with van der Waals surface area (Å²) in [6, 6.07) is 4.30. The van der Waals surface area contributed by atoms with E-state index in [1.807, 2.05) is 0 Å². The number of fused-ring (bicyclic) bond motifs is 1. The normalized spacial score (nSPS) is 25.3. The Kier molecular flexibility index (Phi) is 3.93. The Balaban J connectivity index is 1.53. The Morgan fingerprint density at radius 3 is 2.68 bits per heavy atom.